The first kappa shape index (κ1) is 13.9. The highest BCUT2D eigenvalue weighted by molar-refractivity contribution is 5.69. The van der Waals surface area contributed by atoms with Crippen LogP contribution in [0.1, 0.15) is 5.69 Å². The third-order valence-electron chi connectivity index (χ3n) is 3.30. The van der Waals surface area contributed by atoms with Crippen LogP contribution < -0.4 is 0 Å². The Hall–Kier alpha value is -3.06. The third-order valence-corrected chi connectivity index (χ3v) is 3.30. The van der Waals surface area contributed by atoms with E-state index in [2.05, 4.69) is 4.98 Å². The number of rotatable bonds is 2. The van der Waals surface area contributed by atoms with Gasteiger partial charge in [0.15, 0.2) is 11.5 Å². The van der Waals surface area contributed by atoms with Crippen LogP contribution in [-0.2, 0) is 0 Å². The minimum atomic E-state index is -0.715. The topological polar surface area (TPSA) is 36.7 Å². The number of pyridine rings is 1. The Morgan fingerprint density at radius 1 is 0.818 bits per heavy atom. The quantitative estimate of drug-likeness (QED) is 0.694. The van der Waals surface area contributed by atoms with Gasteiger partial charge < -0.3 is 0 Å². The van der Waals surface area contributed by atoms with E-state index >= 15 is 0 Å². The maximum absolute atomic E-state index is 14.3. The van der Waals surface area contributed by atoms with Crippen LogP contribution in [0, 0.1) is 23.0 Å². The molecule has 0 fully saturated rings. The van der Waals surface area contributed by atoms with Crippen LogP contribution in [0.3, 0.4) is 0 Å². The van der Waals surface area contributed by atoms with Gasteiger partial charge in [0.1, 0.15) is 11.9 Å². The van der Waals surface area contributed by atoms with Crippen molar-refractivity contribution in [1.29, 1.82) is 5.26 Å². The molecule has 106 valence electrons. The average Bonchev–Trinajstić information content (AvgIpc) is 2.56. The van der Waals surface area contributed by atoms with Gasteiger partial charge in [-0.05, 0) is 35.4 Å². The van der Waals surface area contributed by atoms with Gasteiger partial charge in [0, 0.05) is 5.56 Å². The molecule has 0 amide bonds. The maximum Gasteiger partial charge on any atom is 0.176 e. The number of benzene rings is 2. The second-order valence-corrected chi connectivity index (χ2v) is 4.70. The molecule has 2 nitrogen and oxygen atoms in total. The molecule has 0 saturated carbocycles. The lowest BCUT2D eigenvalue weighted by Crippen LogP contribution is -1.94. The van der Waals surface area contributed by atoms with Crippen molar-refractivity contribution in [3.63, 3.8) is 0 Å². The second-order valence-electron chi connectivity index (χ2n) is 4.70. The molecule has 0 spiro atoms. The largest absolute Gasteiger partial charge is 0.234 e. The van der Waals surface area contributed by atoms with Crippen LogP contribution in [0.2, 0.25) is 0 Å². The van der Waals surface area contributed by atoms with Gasteiger partial charge in [-0.2, -0.15) is 5.26 Å². The monoisotopic (exact) mass is 292 g/mol. The molecule has 0 radical (unpaired) electrons. The molecule has 0 unspecified atom stereocenters. The first-order chi connectivity index (χ1) is 10.7. The van der Waals surface area contributed by atoms with Gasteiger partial charge in [-0.1, -0.05) is 36.4 Å². The van der Waals surface area contributed by atoms with E-state index < -0.39 is 11.6 Å². The standard InChI is InChI=1S/C18H10F2N2/c19-15-8-9-17(22-18(15)11-21)14-7-6-13(10-16(14)20)12-4-2-1-3-5-12/h1-10H. The summed E-state index contributed by atoms with van der Waals surface area (Å²) in [6.07, 6.45) is 0. The molecule has 0 N–H and O–H groups in total. The highest BCUT2D eigenvalue weighted by Crippen LogP contribution is 2.27. The van der Waals surface area contributed by atoms with E-state index in [1.54, 1.807) is 18.2 Å². The fourth-order valence-corrected chi connectivity index (χ4v) is 2.20. The molecule has 3 rings (SSSR count). The molecule has 1 heterocycles. The van der Waals surface area contributed by atoms with Crippen molar-refractivity contribution in [2.24, 2.45) is 0 Å². The first-order valence-corrected chi connectivity index (χ1v) is 6.61. The van der Waals surface area contributed by atoms with Crippen LogP contribution in [0.25, 0.3) is 22.4 Å². The van der Waals surface area contributed by atoms with E-state index in [1.165, 1.54) is 12.1 Å². The van der Waals surface area contributed by atoms with E-state index in [0.717, 1.165) is 17.2 Å². The van der Waals surface area contributed by atoms with Crippen LogP contribution in [0.5, 0.6) is 0 Å². The second kappa shape index (κ2) is 5.74. The predicted octanol–water partition coefficient (Wildman–Crippen LogP) is 4.57. The molecule has 0 aliphatic heterocycles. The minimum absolute atomic E-state index is 0.232. The van der Waals surface area contributed by atoms with Crippen molar-refractivity contribution in [3.05, 3.63) is 78.0 Å². The Morgan fingerprint density at radius 3 is 2.27 bits per heavy atom. The molecule has 0 saturated heterocycles. The lowest BCUT2D eigenvalue weighted by Gasteiger charge is -2.07. The maximum atomic E-state index is 14.3. The molecule has 3 aromatic rings. The van der Waals surface area contributed by atoms with Crippen molar-refractivity contribution in [2.45, 2.75) is 0 Å². The third kappa shape index (κ3) is 2.57. The number of halogens is 2. The number of hydrogen-bond donors (Lipinski definition) is 0. The van der Waals surface area contributed by atoms with Gasteiger partial charge >= 0.3 is 0 Å². The fourth-order valence-electron chi connectivity index (χ4n) is 2.20. The van der Waals surface area contributed by atoms with Crippen LogP contribution >= 0.6 is 0 Å². The summed E-state index contributed by atoms with van der Waals surface area (Å²) in [5.74, 6) is -1.18. The summed E-state index contributed by atoms with van der Waals surface area (Å²) in [6, 6.07) is 18.3. The minimum Gasteiger partial charge on any atom is -0.234 e. The van der Waals surface area contributed by atoms with Crippen LogP contribution in [-0.4, -0.2) is 4.98 Å². The van der Waals surface area contributed by atoms with Crippen molar-refractivity contribution >= 4 is 0 Å². The molecule has 2 aromatic carbocycles. The smallest absolute Gasteiger partial charge is 0.176 e. The zero-order chi connectivity index (χ0) is 15.5. The van der Waals surface area contributed by atoms with Crippen molar-refractivity contribution < 1.29 is 8.78 Å². The van der Waals surface area contributed by atoms with Gasteiger partial charge in [0.2, 0.25) is 0 Å². The highest BCUT2D eigenvalue weighted by atomic mass is 19.1. The lowest BCUT2D eigenvalue weighted by molar-refractivity contribution is 0.615. The summed E-state index contributed by atoms with van der Waals surface area (Å²) in [5, 5.41) is 8.81. The van der Waals surface area contributed by atoms with Gasteiger partial charge in [0.05, 0.1) is 5.69 Å². The molecular formula is C18H10F2N2. The summed E-state index contributed by atoms with van der Waals surface area (Å²) in [6.45, 7) is 0. The Kier molecular flexibility index (Phi) is 3.63. The van der Waals surface area contributed by atoms with Gasteiger partial charge in [-0.3, -0.25) is 0 Å². The molecule has 1 aromatic heterocycles. The summed E-state index contributed by atoms with van der Waals surface area (Å²) >= 11 is 0. The number of hydrogen-bond acceptors (Lipinski definition) is 2. The zero-order valence-electron chi connectivity index (χ0n) is 11.4. The van der Waals surface area contributed by atoms with E-state index in [9.17, 15) is 8.78 Å². The highest BCUT2D eigenvalue weighted by Gasteiger charge is 2.11. The van der Waals surface area contributed by atoms with Gasteiger partial charge in [-0.25, -0.2) is 13.8 Å². The van der Waals surface area contributed by atoms with E-state index in [1.807, 2.05) is 30.3 Å². The predicted molar refractivity (Wildman–Crippen MR) is 79.7 cm³/mol. The Labute approximate surface area is 126 Å². The normalized spacial score (nSPS) is 10.2. The van der Waals surface area contributed by atoms with E-state index in [4.69, 9.17) is 5.26 Å². The Balaban J connectivity index is 2.05. The van der Waals surface area contributed by atoms with Gasteiger partial charge in [-0.15, -0.1) is 0 Å². The molecule has 0 bridgehead atoms. The van der Waals surface area contributed by atoms with Crippen LogP contribution in [0.15, 0.2) is 60.7 Å². The fraction of sp³-hybridized carbons (Fsp3) is 0. The van der Waals surface area contributed by atoms with Gasteiger partial charge in [0.25, 0.3) is 0 Å². The SMILES string of the molecule is N#Cc1nc(-c2ccc(-c3ccccc3)cc2F)ccc1F. The molecule has 22 heavy (non-hydrogen) atoms. The summed E-state index contributed by atoms with van der Waals surface area (Å²) in [4.78, 5) is 3.85. The summed E-state index contributed by atoms with van der Waals surface area (Å²) in [5.41, 5.74) is 1.76. The number of nitriles is 1. The first-order valence-electron chi connectivity index (χ1n) is 6.61. The molecule has 0 aliphatic rings. The van der Waals surface area contributed by atoms with Crippen molar-refractivity contribution in [1.82, 2.24) is 4.98 Å². The Bertz CT molecular complexity index is 868. The average molecular weight is 292 g/mol. The Morgan fingerprint density at radius 2 is 1.59 bits per heavy atom. The molecule has 0 atom stereocenters. The van der Waals surface area contributed by atoms with E-state index in [-0.39, 0.29) is 17.0 Å². The lowest BCUT2D eigenvalue weighted by atomic mass is 10.0. The summed E-state index contributed by atoms with van der Waals surface area (Å²) in [7, 11) is 0. The molecular weight excluding hydrogens is 282 g/mol. The molecule has 0 aliphatic carbocycles. The zero-order valence-corrected chi connectivity index (χ0v) is 11.4. The molecule has 4 heteroatoms. The van der Waals surface area contributed by atoms with E-state index in [0.29, 0.717) is 0 Å². The van der Waals surface area contributed by atoms with Crippen molar-refractivity contribution in [3.8, 4) is 28.5 Å². The van der Waals surface area contributed by atoms with Crippen molar-refractivity contribution in [2.75, 3.05) is 0 Å². The summed E-state index contributed by atoms with van der Waals surface area (Å²) < 4.78 is 27.6. The van der Waals surface area contributed by atoms with Crippen LogP contribution in [0.4, 0.5) is 8.78 Å². The number of nitrogens with zero attached hydrogens (tertiary/aromatic N) is 2. The number of aromatic nitrogens is 1.